The molecule has 1 N–H and O–H groups in total. The van der Waals surface area contributed by atoms with Crippen LogP contribution in [0, 0.1) is 0 Å². The van der Waals surface area contributed by atoms with Crippen LogP contribution in [0.4, 0.5) is 0 Å². The second-order valence-corrected chi connectivity index (χ2v) is 7.08. The molecular formula is C20H17BrN4O3. The molecule has 0 spiro atoms. The van der Waals surface area contributed by atoms with Crippen LogP contribution in [0.25, 0.3) is 22.4 Å². The minimum absolute atomic E-state index is 0.111. The highest BCUT2D eigenvalue weighted by atomic mass is 79.9. The number of carbonyl (C=O) groups is 1. The first-order valence-electron chi connectivity index (χ1n) is 8.59. The Balaban J connectivity index is 1.54. The third kappa shape index (κ3) is 3.63. The quantitative estimate of drug-likeness (QED) is 0.493. The number of benzene rings is 2. The fraction of sp³-hybridized carbons (Fsp3) is 0.150. The molecule has 2 heterocycles. The van der Waals surface area contributed by atoms with E-state index in [1.807, 2.05) is 53.2 Å². The fourth-order valence-electron chi connectivity index (χ4n) is 3.13. The Bertz CT molecular complexity index is 1120. The van der Waals surface area contributed by atoms with E-state index in [0.717, 1.165) is 32.3 Å². The van der Waals surface area contributed by atoms with Crippen molar-refractivity contribution >= 4 is 32.7 Å². The molecule has 1 amide bonds. The summed E-state index contributed by atoms with van der Waals surface area (Å²) in [6.45, 7) is 0.544. The molecular weight excluding hydrogens is 424 g/mol. The van der Waals surface area contributed by atoms with Gasteiger partial charge in [-0.1, -0.05) is 34.1 Å². The van der Waals surface area contributed by atoms with E-state index in [4.69, 9.17) is 9.15 Å². The zero-order valence-electron chi connectivity index (χ0n) is 15.1. The average molecular weight is 441 g/mol. The second kappa shape index (κ2) is 7.85. The van der Waals surface area contributed by atoms with E-state index in [1.165, 1.54) is 6.39 Å². The molecule has 142 valence electrons. The van der Waals surface area contributed by atoms with Crippen LogP contribution in [0.2, 0.25) is 0 Å². The Kier molecular flexibility index (Phi) is 5.12. The summed E-state index contributed by atoms with van der Waals surface area (Å²) in [7, 11) is 1.61. The lowest BCUT2D eigenvalue weighted by Crippen LogP contribution is -2.27. The highest BCUT2D eigenvalue weighted by Gasteiger charge is 2.15. The van der Waals surface area contributed by atoms with Crippen LogP contribution in [0.5, 0.6) is 5.75 Å². The minimum atomic E-state index is -0.111. The number of ether oxygens (including phenoxy) is 1. The fourth-order valence-corrected chi connectivity index (χ4v) is 3.54. The maximum Gasteiger partial charge on any atom is 0.249 e. The molecule has 0 bridgehead atoms. The molecule has 2 aromatic carbocycles. The van der Waals surface area contributed by atoms with Crippen LogP contribution >= 0.6 is 15.9 Å². The summed E-state index contributed by atoms with van der Waals surface area (Å²) in [4.78, 5) is 12.6. The lowest BCUT2D eigenvalue weighted by Gasteiger charge is -2.11. The predicted octanol–water partition coefficient (Wildman–Crippen LogP) is 3.78. The Hall–Kier alpha value is -3.13. The number of fused-ring (bicyclic) bond motifs is 1. The SMILES string of the molecule is COc1ccc(Br)cc1CNC(=O)Cn1cc(-c2nnco2)c2ccccc21. The molecule has 0 aliphatic carbocycles. The summed E-state index contributed by atoms with van der Waals surface area (Å²) in [6.07, 6.45) is 3.15. The highest BCUT2D eigenvalue weighted by Crippen LogP contribution is 2.29. The molecule has 0 saturated heterocycles. The first-order valence-corrected chi connectivity index (χ1v) is 9.38. The lowest BCUT2D eigenvalue weighted by atomic mass is 10.2. The van der Waals surface area contributed by atoms with Gasteiger partial charge in [-0.25, -0.2) is 0 Å². The van der Waals surface area contributed by atoms with E-state index < -0.39 is 0 Å². The van der Waals surface area contributed by atoms with Crippen molar-refractivity contribution in [1.82, 2.24) is 20.1 Å². The van der Waals surface area contributed by atoms with Gasteiger partial charge in [-0.05, 0) is 24.3 Å². The number of halogens is 1. The van der Waals surface area contributed by atoms with Crippen LogP contribution in [0.15, 0.2) is 63.9 Å². The van der Waals surface area contributed by atoms with Crippen molar-refractivity contribution in [2.24, 2.45) is 0 Å². The Morgan fingerprint density at radius 3 is 2.93 bits per heavy atom. The number of rotatable bonds is 6. The Morgan fingerprint density at radius 1 is 1.29 bits per heavy atom. The molecule has 0 unspecified atom stereocenters. The van der Waals surface area contributed by atoms with Crippen LogP contribution < -0.4 is 10.1 Å². The van der Waals surface area contributed by atoms with Crippen molar-refractivity contribution in [3.05, 3.63) is 65.1 Å². The number of methoxy groups -OCH3 is 1. The van der Waals surface area contributed by atoms with Gasteiger partial charge in [-0.2, -0.15) is 0 Å². The summed E-state index contributed by atoms with van der Waals surface area (Å²) in [5.74, 6) is 1.04. The zero-order valence-corrected chi connectivity index (χ0v) is 16.6. The van der Waals surface area contributed by atoms with Crippen LogP contribution in [0.1, 0.15) is 5.56 Å². The predicted molar refractivity (Wildman–Crippen MR) is 108 cm³/mol. The van der Waals surface area contributed by atoms with Gasteiger partial charge >= 0.3 is 0 Å². The van der Waals surface area contributed by atoms with Crippen LogP contribution in [0.3, 0.4) is 0 Å². The number of carbonyl (C=O) groups excluding carboxylic acids is 1. The van der Waals surface area contributed by atoms with Crippen LogP contribution in [-0.2, 0) is 17.9 Å². The second-order valence-electron chi connectivity index (χ2n) is 6.16. The number of hydrogen-bond donors (Lipinski definition) is 1. The van der Waals surface area contributed by atoms with Crippen molar-refractivity contribution in [2.45, 2.75) is 13.1 Å². The number of hydrogen-bond acceptors (Lipinski definition) is 5. The number of para-hydroxylation sites is 1. The number of nitrogens with one attached hydrogen (secondary N) is 1. The molecule has 4 aromatic rings. The van der Waals surface area contributed by atoms with Crippen molar-refractivity contribution in [2.75, 3.05) is 7.11 Å². The number of aromatic nitrogens is 3. The van der Waals surface area contributed by atoms with Gasteiger partial charge in [0.2, 0.25) is 18.2 Å². The van der Waals surface area contributed by atoms with E-state index in [0.29, 0.717) is 12.4 Å². The van der Waals surface area contributed by atoms with Crippen molar-refractivity contribution in [3.8, 4) is 17.2 Å². The first-order chi connectivity index (χ1) is 13.7. The van der Waals surface area contributed by atoms with Crippen molar-refractivity contribution in [1.29, 1.82) is 0 Å². The standard InChI is InChI=1S/C20H17BrN4O3/c1-27-18-7-6-14(21)8-13(18)9-22-19(26)11-25-10-16(20-24-23-12-28-20)15-4-2-3-5-17(15)25/h2-8,10,12H,9,11H2,1H3,(H,22,26). The molecule has 4 rings (SSSR count). The molecule has 0 saturated carbocycles. The van der Waals surface area contributed by atoms with Gasteiger partial charge in [0.05, 0.1) is 12.7 Å². The largest absolute Gasteiger partial charge is 0.496 e. The van der Waals surface area contributed by atoms with Crippen molar-refractivity contribution < 1.29 is 13.9 Å². The van der Waals surface area contributed by atoms with Gasteiger partial charge in [-0.15, -0.1) is 10.2 Å². The van der Waals surface area contributed by atoms with Gasteiger partial charge in [0.1, 0.15) is 12.3 Å². The summed E-state index contributed by atoms with van der Waals surface area (Å²) in [6, 6.07) is 13.5. The van der Waals surface area contributed by atoms with E-state index in [1.54, 1.807) is 7.11 Å². The molecule has 0 fully saturated rings. The monoisotopic (exact) mass is 440 g/mol. The maximum absolute atomic E-state index is 12.6. The minimum Gasteiger partial charge on any atom is -0.496 e. The van der Waals surface area contributed by atoms with Gasteiger partial charge < -0.3 is 19.0 Å². The maximum atomic E-state index is 12.6. The smallest absolute Gasteiger partial charge is 0.249 e. The molecule has 7 nitrogen and oxygen atoms in total. The van der Waals surface area contributed by atoms with Crippen molar-refractivity contribution in [3.63, 3.8) is 0 Å². The van der Waals surface area contributed by atoms with Gasteiger partial charge in [0, 0.05) is 33.7 Å². The highest BCUT2D eigenvalue weighted by molar-refractivity contribution is 9.10. The molecule has 0 aliphatic heterocycles. The number of amides is 1. The summed E-state index contributed by atoms with van der Waals surface area (Å²) >= 11 is 3.44. The molecule has 28 heavy (non-hydrogen) atoms. The molecule has 2 aromatic heterocycles. The average Bonchev–Trinajstić information content (AvgIpc) is 3.35. The first kappa shape index (κ1) is 18.2. The topological polar surface area (TPSA) is 82.2 Å². The normalized spacial score (nSPS) is 10.9. The lowest BCUT2D eigenvalue weighted by molar-refractivity contribution is -0.121. The molecule has 0 aliphatic rings. The third-order valence-corrected chi connectivity index (χ3v) is 4.90. The Morgan fingerprint density at radius 2 is 2.14 bits per heavy atom. The third-order valence-electron chi connectivity index (χ3n) is 4.41. The molecule has 0 radical (unpaired) electrons. The van der Waals surface area contributed by atoms with Gasteiger partial charge in [-0.3, -0.25) is 4.79 Å². The Labute approximate surface area is 169 Å². The molecule has 0 atom stereocenters. The summed E-state index contributed by atoms with van der Waals surface area (Å²) in [5, 5.41) is 11.6. The van der Waals surface area contributed by atoms with E-state index >= 15 is 0 Å². The summed E-state index contributed by atoms with van der Waals surface area (Å²) in [5.41, 5.74) is 2.62. The summed E-state index contributed by atoms with van der Waals surface area (Å²) < 4.78 is 13.5. The van der Waals surface area contributed by atoms with E-state index in [-0.39, 0.29) is 12.5 Å². The molecule has 8 heteroatoms. The van der Waals surface area contributed by atoms with Gasteiger partial charge in [0.25, 0.3) is 0 Å². The van der Waals surface area contributed by atoms with Gasteiger partial charge in [0.15, 0.2) is 0 Å². The van der Waals surface area contributed by atoms with E-state index in [9.17, 15) is 4.79 Å². The van der Waals surface area contributed by atoms with E-state index in [2.05, 4.69) is 31.4 Å². The number of nitrogens with zero attached hydrogens (tertiary/aromatic N) is 3. The zero-order chi connectivity index (χ0) is 19.5. The van der Waals surface area contributed by atoms with Crippen LogP contribution in [-0.4, -0.2) is 27.8 Å².